The molecule has 28 heavy (non-hydrogen) atoms. The number of alkyl halides is 3. The summed E-state index contributed by atoms with van der Waals surface area (Å²) in [6, 6.07) is 1.43. The van der Waals surface area contributed by atoms with E-state index >= 15 is 0 Å². The van der Waals surface area contributed by atoms with Gasteiger partial charge in [-0.2, -0.15) is 22.8 Å². The van der Waals surface area contributed by atoms with Gasteiger partial charge >= 0.3 is 6.18 Å². The van der Waals surface area contributed by atoms with Crippen LogP contribution < -0.4 is 10.1 Å². The molecule has 0 saturated carbocycles. The fourth-order valence-electron chi connectivity index (χ4n) is 1.91. The van der Waals surface area contributed by atoms with Crippen molar-refractivity contribution < 1.29 is 35.5 Å². The first-order chi connectivity index (χ1) is 13.1. The molecule has 4 nitrogen and oxygen atoms in total. The molecule has 0 radical (unpaired) electrons. The lowest BCUT2D eigenvalue weighted by molar-refractivity contribution is -0.138. The molecule has 0 unspecified atom stereocenters. The number of halogens is 7. The zero-order chi connectivity index (χ0) is 21.1. The van der Waals surface area contributed by atoms with Crippen molar-refractivity contribution in [3.05, 3.63) is 53.1 Å². The highest BCUT2D eigenvalue weighted by Gasteiger charge is 2.33. The summed E-state index contributed by atoms with van der Waals surface area (Å²) in [6.07, 6.45) is -2.01. The summed E-state index contributed by atoms with van der Waals surface area (Å²) >= 11 is 0.897. The van der Waals surface area contributed by atoms with Crippen LogP contribution in [0.1, 0.15) is 5.56 Å². The van der Waals surface area contributed by atoms with Crippen LogP contribution in [0.3, 0.4) is 0 Å². The Hall–Kier alpha value is -2.94. The summed E-state index contributed by atoms with van der Waals surface area (Å²) in [5.74, 6) is -9.17. The van der Waals surface area contributed by atoms with Crippen molar-refractivity contribution in [2.75, 3.05) is 6.26 Å². The van der Waals surface area contributed by atoms with E-state index in [2.05, 4.69) is 10.3 Å². The van der Waals surface area contributed by atoms with Gasteiger partial charge in [0.25, 0.3) is 0 Å². The lowest BCUT2D eigenvalue weighted by atomic mass is 10.2. The number of hydrogen-bond donors (Lipinski definition) is 1. The van der Waals surface area contributed by atoms with Crippen LogP contribution in [0.15, 0.2) is 29.3 Å². The van der Waals surface area contributed by atoms with Crippen LogP contribution in [0.25, 0.3) is 0 Å². The topological polar surface area (TPSA) is 57.4 Å². The van der Waals surface area contributed by atoms with E-state index in [1.807, 2.05) is 0 Å². The van der Waals surface area contributed by atoms with Crippen LogP contribution >= 0.6 is 11.8 Å². The van der Waals surface area contributed by atoms with E-state index < -0.39 is 52.2 Å². The number of amidine groups is 1. The Labute approximate surface area is 157 Å². The van der Waals surface area contributed by atoms with Gasteiger partial charge in [0.2, 0.25) is 5.82 Å². The Morgan fingerprint density at radius 1 is 1.07 bits per heavy atom. The van der Waals surface area contributed by atoms with Gasteiger partial charge in [-0.15, -0.1) is 0 Å². The molecule has 2 rings (SSSR count). The van der Waals surface area contributed by atoms with E-state index in [0.29, 0.717) is 6.07 Å². The fourth-order valence-corrected chi connectivity index (χ4v) is 2.25. The van der Waals surface area contributed by atoms with E-state index in [1.165, 1.54) is 12.4 Å². The molecule has 0 aromatic heterocycles. The first-order valence-corrected chi connectivity index (χ1v) is 8.30. The maximum Gasteiger partial charge on any atom is 0.416 e. The summed E-state index contributed by atoms with van der Waals surface area (Å²) in [5.41, 5.74) is -2.10. The van der Waals surface area contributed by atoms with E-state index in [9.17, 15) is 30.7 Å². The number of rotatable bonds is 3. The maximum absolute atomic E-state index is 14.1. The Balaban J connectivity index is 2.58. The lowest BCUT2D eigenvalue weighted by Crippen LogP contribution is -2.12. The smallest absolute Gasteiger partial charge is 0.416 e. The molecule has 148 valence electrons. The first-order valence-electron chi connectivity index (χ1n) is 7.08. The fraction of sp³-hybridized carbons (Fsp3) is 0.125. The summed E-state index contributed by atoms with van der Waals surface area (Å²) in [7, 11) is 0. The number of benzene rings is 2. The highest BCUT2D eigenvalue weighted by molar-refractivity contribution is 8.13. The van der Waals surface area contributed by atoms with Gasteiger partial charge in [-0.25, -0.2) is 18.2 Å². The van der Waals surface area contributed by atoms with Gasteiger partial charge in [0.1, 0.15) is 5.69 Å². The van der Waals surface area contributed by atoms with E-state index in [4.69, 9.17) is 10.00 Å². The third-order valence-corrected chi connectivity index (χ3v) is 3.72. The zero-order valence-electron chi connectivity index (χ0n) is 13.7. The van der Waals surface area contributed by atoms with Gasteiger partial charge in [0, 0.05) is 0 Å². The number of hydrogen-bond acceptors (Lipinski definition) is 4. The van der Waals surface area contributed by atoms with Crippen molar-refractivity contribution in [2.24, 2.45) is 4.99 Å². The lowest BCUT2D eigenvalue weighted by Gasteiger charge is -2.14. The summed E-state index contributed by atoms with van der Waals surface area (Å²) < 4.78 is 98.1. The van der Waals surface area contributed by atoms with Gasteiger partial charge in [0.05, 0.1) is 5.56 Å². The van der Waals surface area contributed by atoms with Gasteiger partial charge < -0.3 is 4.74 Å². The Kier molecular flexibility index (Phi) is 6.40. The summed E-state index contributed by atoms with van der Waals surface area (Å²) in [6.45, 7) is 0. The molecule has 0 aliphatic carbocycles. The van der Waals surface area contributed by atoms with Crippen LogP contribution in [0, 0.1) is 34.7 Å². The molecule has 0 saturated heterocycles. The molecule has 0 aliphatic rings. The van der Waals surface area contributed by atoms with Gasteiger partial charge in [-0.05, 0) is 30.5 Å². The standard InChI is InChI=1S/C16H8F7N3OS/c1-28-15(25-6-24)26-11-3-2-8(17)12(20)14(11)27-13-9(18)4-7(5-10(13)19)16(21,22)23/h2-5H,1H3,(H,25,26). The minimum Gasteiger partial charge on any atom is -0.446 e. The summed E-state index contributed by atoms with van der Waals surface area (Å²) in [5, 5.41) is 10.6. The second-order valence-electron chi connectivity index (χ2n) is 4.94. The Bertz CT molecular complexity index is 947. The van der Waals surface area contributed by atoms with Crippen molar-refractivity contribution in [1.29, 1.82) is 5.26 Å². The monoisotopic (exact) mass is 423 g/mol. The normalized spacial score (nSPS) is 11.9. The minimum atomic E-state index is -5.03. The molecular formula is C16H8F7N3OS. The van der Waals surface area contributed by atoms with E-state index in [0.717, 1.165) is 17.8 Å². The second-order valence-corrected chi connectivity index (χ2v) is 5.73. The molecule has 0 aliphatic heterocycles. The van der Waals surface area contributed by atoms with Crippen molar-refractivity contribution in [3.63, 3.8) is 0 Å². The highest BCUT2D eigenvalue weighted by Crippen LogP contribution is 2.40. The molecule has 12 heteroatoms. The van der Waals surface area contributed by atoms with Crippen LogP contribution in [0.2, 0.25) is 0 Å². The minimum absolute atomic E-state index is 0.0525. The Morgan fingerprint density at radius 2 is 1.68 bits per heavy atom. The third-order valence-electron chi connectivity index (χ3n) is 3.14. The number of thioether (sulfide) groups is 1. The van der Waals surface area contributed by atoms with Crippen LogP contribution in [-0.4, -0.2) is 11.4 Å². The quantitative estimate of drug-likeness (QED) is 0.234. The zero-order valence-corrected chi connectivity index (χ0v) is 14.5. The third kappa shape index (κ3) is 4.66. The van der Waals surface area contributed by atoms with Crippen molar-refractivity contribution in [3.8, 4) is 17.7 Å². The average molecular weight is 423 g/mol. The largest absolute Gasteiger partial charge is 0.446 e. The highest BCUT2D eigenvalue weighted by atomic mass is 32.2. The number of nitrogens with zero attached hydrogens (tertiary/aromatic N) is 2. The molecule has 0 amide bonds. The van der Waals surface area contributed by atoms with E-state index in [1.54, 1.807) is 0 Å². The van der Waals surface area contributed by atoms with Gasteiger partial charge in [0.15, 0.2) is 40.3 Å². The number of aliphatic imine (C=N–C) groups is 1. The van der Waals surface area contributed by atoms with Gasteiger partial charge in [-0.3, -0.25) is 5.32 Å². The average Bonchev–Trinajstić information content (AvgIpc) is 2.61. The number of nitriles is 1. The summed E-state index contributed by atoms with van der Waals surface area (Å²) in [4.78, 5) is 3.77. The van der Waals surface area contributed by atoms with Crippen LogP contribution in [0.4, 0.5) is 36.4 Å². The Morgan fingerprint density at radius 3 is 2.18 bits per heavy atom. The van der Waals surface area contributed by atoms with Crippen molar-refractivity contribution in [2.45, 2.75) is 6.18 Å². The van der Waals surface area contributed by atoms with Crippen LogP contribution in [0.5, 0.6) is 11.5 Å². The van der Waals surface area contributed by atoms with Crippen LogP contribution in [-0.2, 0) is 6.18 Å². The van der Waals surface area contributed by atoms with Crippen molar-refractivity contribution in [1.82, 2.24) is 5.32 Å². The molecule has 2 aromatic carbocycles. The second kappa shape index (κ2) is 8.39. The van der Waals surface area contributed by atoms with E-state index in [-0.39, 0.29) is 17.3 Å². The molecule has 0 atom stereocenters. The number of nitrogens with one attached hydrogen (secondary N) is 1. The maximum atomic E-state index is 14.1. The molecule has 0 spiro atoms. The molecule has 2 aromatic rings. The molecule has 0 bridgehead atoms. The molecule has 1 N–H and O–H groups in total. The molecule has 0 fully saturated rings. The SMILES string of the molecule is CSC(=Nc1ccc(F)c(F)c1Oc1c(F)cc(C(F)(F)F)cc1F)NC#N. The first kappa shape index (κ1) is 21.4. The predicted octanol–water partition coefficient (Wildman–Crippen LogP) is 5.48. The molecular weight excluding hydrogens is 415 g/mol. The molecule has 0 heterocycles. The number of ether oxygens (including phenoxy) is 1. The predicted molar refractivity (Wildman–Crippen MR) is 87.2 cm³/mol. The van der Waals surface area contributed by atoms with Gasteiger partial charge in [-0.1, -0.05) is 11.8 Å². The van der Waals surface area contributed by atoms with Crippen molar-refractivity contribution >= 4 is 22.6 Å².